The van der Waals surface area contributed by atoms with E-state index in [4.69, 9.17) is 0 Å². The highest BCUT2D eigenvalue weighted by Gasteiger charge is 2.14. The minimum Gasteiger partial charge on any atom is -0.354 e. The molecule has 1 aromatic rings. The van der Waals surface area contributed by atoms with Gasteiger partial charge in [0.25, 0.3) is 0 Å². The van der Waals surface area contributed by atoms with Crippen molar-refractivity contribution in [3.63, 3.8) is 0 Å². The number of amides is 1. The predicted molar refractivity (Wildman–Crippen MR) is 89.7 cm³/mol. The van der Waals surface area contributed by atoms with Gasteiger partial charge in [-0.25, -0.2) is 0 Å². The van der Waals surface area contributed by atoms with Crippen LogP contribution in [0.2, 0.25) is 0 Å². The van der Waals surface area contributed by atoms with Gasteiger partial charge in [-0.1, -0.05) is 31.0 Å². The van der Waals surface area contributed by atoms with Crippen molar-refractivity contribution < 1.29 is 4.79 Å². The normalized spacial score (nSPS) is 18.0. The zero-order valence-corrected chi connectivity index (χ0v) is 13.7. The summed E-state index contributed by atoms with van der Waals surface area (Å²) in [5, 5.41) is 3.02. The molecule has 0 aromatic heterocycles. The first-order chi connectivity index (χ1) is 10.3. The van der Waals surface area contributed by atoms with Crippen LogP contribution in [0.25, 0.3) is 0 Å². The van der Waals surface area contributed by atoms with Crippen LogP contribution >= 0.6 is 11.8 Å². The van der Waals surface area contributed by atoms with Crippen LogP contribution in [-0.2, 0) is 4.79 Å². The maximum absolute atomic E-state index is 12.1. The summed E-state index contributed by atoms with van der Waals surface area (Å²) < 4.78 is 0. The molecule has 1 fully saturated rings. The maximum Gasteiger partial charge on any atom is 0.233 e. The lowest BCUT2D eigenvalue weighted by Crippen LogP contribution is -2.38. The van der Waals surface area contributed by atoms with E-state index in [2.05, 4.69) is 10.2 Å². The second kappa shape index (κ2) is 9.11. The summed E-state index contributed by atoms with van der Waals surface area (Å²) in [6, 6.07) is 10.1. The van der Waals surface area contributed by atoms with Crippen molar-refractivity contribution in [2.45, 2.75) is 42.8 Å². The summed E-state index contributed by atoms with van der Waals surface area (Å²) in [4.78, 5) is 15.7. The molecule has 1 N–H and O–H groups in total. The summed E-state index contributed by atoms with van der Waals surface area (Å²) in [6.45, 7) is 6.08. The van der Waals surface area contributed by atoms with Crippen LogP contribution in [0.1, 0.15) is 32.6 Å². The Hall–Kier alpha value is -1.00. The number of benzene rings is 1. The minimum absolute atomic E-state index is 0.0449. The Labute approximate surface area is 132 Å². The summed E-state index contributed by atoms with van der Waals surface area (Å²) in [5.41, 5.74) is 0. The second-order valence-corrected chi connectivity index (χ2v) is 7.03. The molecule has 1 saturated heterocycles. The Morgan fingerprint density at radius 3 is 2.52 bits per heavy atom. The predicted octanol–water partition coefficient (Wildman–Crippen LogP) is 3.16. The van der Waals surface area contributed by atoms with E-state index in [9.17, 15) is 4.79 Å². The van der Waals surface area contributed by atoms with Gasteiger partial charge >= 0.3 is 0 Å². The Balaban J connectivity index is 1.66. The molecule has 1 aromatic carbocycles. The van der Waals surface area contributed by atoms with Crippen molar-refractivity contribution in [2.24, 2.45) is 0 Å². The van der Waals surface area contributed by atoms with Gasteiger partial charge in [0, 0.05) is 18.0 Å². The molecule has 0 bridgehead atoms. The number of carbonyl (C=O) groups excluding carboxylic acids is 1. The third kappa shape index (κ3) is 6.10. The van der Waals surface area contributed by atoms with Crippen molar-refractivity contribution in [3.8, 4) is 0 Å². The van der Waals surface area contributed by atoms with E-state index in [1.54, 1.807) is 11.8 Å². The van der Waals surface area contributed by atoms with E-state index in [0.29, 0.717) is 0 Å². The molecule has 21 heavy (non-hydrogen) atoms. The summed E-state index contributed by atoms with van der Waals surface area (Å²) in [5.74, 6) is 0.138. The quantitative estimate of drug-likeness (QED) is 0.819. The average Bonchev–Trinajstić information content (AvgIpc) is 2.77. The van der Waals surface area contributed by atoms with Gasteiger partial charge in [0.1, 0.15) is 0 Å². The van der Waals surface area contributed by atoms with Gasteiger partial charge in [-0.2, -0.15) is 0 Å². The lowest BCUT2D eigenvalue weighted by Gasteiger charge is -2.20. The smallest absolute Gasteiger partial charge is 0.233 e. The van der Waals surface area contributed by atoms with E-state index in [1.807, 2.05) is 37.3 Å². The molecule has 1 unspecified atom stereocenters. The van der Waals surface area contributed by atoms with Gasteiger partial charge in [-0.05, 0) is 45.0 Å². The molecule has 1 atom stereocenters. The third-order valence-electron chi connectivity index (χ3n) is 3.85. The fourth-order valence-corrected chi connectivity index (χ4v) is 3.51. The Bertz CT molecular complexity index is 416. The molecule has 1 heterocycles. The molecule has 1 aliphatic heterocycles. The number of hydrogen-bond donors (Lipinski definition) is 1. The molecule has 0 saturated carbocycles. The number of carbonyl (C=O) groups is 1. The van der Waals surface area contributed by atoms with Crippen molar-refractivity contribution in [2.75, 3.05) is 26.2 Å². The number of thioether (sulfide) groups is 1. The summed E-state index contributed by atoms with van der Waals surface area (Å²) in [6.07, 6.45) is 5.31. The Kier molecular flexibility index (Phi) is 7.10. The largest absolute Gasteiger partial charge is 0.354 e. The standard InChI is InChI=1S/C17H26N2OS/c1-15(21-16-9-5-4-6-10-16)17(20)18-11-14-19-12-7-2-3-8-13-19/h4-6,9-10,15H,2-3,7-8,11-14H2,1H3,(H,18,20). The molecule has 2 rings (SSSR count). The van der Waals surface area contributed by atoms with Crippen LogP contribution < -0.4 is 5.32 Å². The number of hydrogen-bond acceptors (Lipinski definition) is 3. The molecule has 0 radical (unpaired) electrons. The molecular weight excluding hydrogens is 280 g/mol. The fraction of sp³-hybridized carbons (Fsp3) is 0.588. The van der Waals surface area contributed by atoms with Gasteiger partial charge in [0.15, 0.2) is 0 Å². The van der Waals surface area contributed by atoms with Crippen LogP contribution in [0.5, 0.6) is 0 Å². The van der Waals surface area contributed by atoms with E-state index in [1.165, 1.54) is 38.8 Å². The lowest BCUT2D eigenvalue weighted by molar-refractivity contribution is -0.120. The van der Waals surface area contributed by atoms with E-state index in [0.717, 1.165) is 18.0 Å². The maximum atomic E-state index is 12.1. The number of nitrogens with one attached hydrogen (secondary N) is 1. The van der Waals surface area contributed by atoms with Gasteiger partial charge in [-0.15, -0.1) is 11.8 Å². The molecule has 1 amide bonds. The zero-order valence-electron chi connectivity index (χ0n) is 12.9. The molecule has 4 heteroatoms. The molecule has 1 aliphatic rings. The fourth-order valence-electron chi connectivity index (χ4n) is 2.60. The minimum atomic E-state index is -0.0449. The number of nitrogens with zero attached hydrogens (tertiary/aromatic N) is 1. The highest BCUT2D eigenvalue weighted by atomic mass is 32.2. The van der Waals surface area contributed by atoms with Crippen molar-refractivity contribution in [1.82, 2.24) is 10.2 Å². The van der Waals surface area contributed by atoms with Gasteiger partial charge in [0.05, 0.1) is 5.25 Å². The lowest BCUT2D eigenvalue weighted by atomic mass is 10.2. The first-order valence-electron chi connectivity index (χ1n) is 7.97. The van der Waals surface area contributed by atoms with E-state index >= 15 is 0 Å². The van der Waals surface area contributed by atoms with Crippen LogP contribution in [0, 0.1) is 0 Å². The van der Waals surface area contributed by atoms with Gasteiger partial charge in [0.2, 0.25) is 5.91 Å². The molecular formula is C17H26N2OS. The average molecular weight is 306 g/mol. The highest BCUT2D eigenvalue weighted by molar-refractivity contribution is 8.00. The Morgan fingerprint density at radius 2 is 1.86 bits per heavy atom. The first kappa shape index (κ1) is 16.4. The SMILES string of the molecule is CC(Sc1ccccc1)C(=O)NCCN1CCCCCC1. The van der Waals surface area contributed by atoms with Crippen LogP contribution in [0.3, 0.4) is 0 Å². The van der Waals surface area contributed by atoms with Crippen LogP contribution in [0.15, 0.2) is 35.2 Å². The molecule has 3 nitrogen and oxygen atoms in total. The first-order valence-corrected chi connectivity index (χ1v) is 8.85. The van der Waals surface area contributed by atoms with Crippen molar-refractivity contribution >= 4 is 17.7 Å². The topological polar surface area (TPSA) is 32.3 Å². The van der Waals surface area contributed by atoms with Gasteiger partial charge < -0.3 is 10.2 Å². The molecule has 116 valence electrons. The van der Waals surface area contributed by atoms with Crippen molar-refractivity contribution in [3.05, 3.63) is 30.3 Å². The summed E-state index contributed by atoms with van der Waals surface area (Å²) >= 11 is 1.62. The monoisotopic (exact) mass is 306 g/mol. The zero-order chi connectivity index (χ0) is 14.9. The van der Waals surface area contributed by atoms with Gasteiger partial charge in [-0.3, -0.25) is 4.79 Å². The third-order valence-corrected chi connectivity index (χ3v) is 4.96. The molecule has 0 aliphatic carbocycles. The highest BCUT2D eigenvalue weighted by Crippen LogP contribution is 2.22. The summed E-state index contributed by atoms with van der Waals surface area (Å²) in [7, 11) is 0. The Morgan fingerprint density at radius 1 is 1.19 bits per heavy atom. The second-order valence-electron chi connectivity index (χ2n) is 5.62. The van der Waals surface area contributed by atoms with Crippen LogP contribution in [-0.4, -0.2) is 42.2 Å². The van der Waals surface area contributed by atoms with E-state index in [-0.39, 0.29) is 11.2 Å². The van der Waals surface area contributed by atoms with E-state index < -0.39 is 0 Å². The van der Waals surface area contributed by atoms with Crippen molar-refractivity contribution in [1.29, 1.82) is 0 Å². The van der Waals surface area contributed by atoms with Crippen LogP contribution in [0.4, 0.5) is 0 Å². The number of likely N-dealkylation sites (tertiary alicyclic amines) is 1. The molecule has 0 spiro atoms. The number of rotatable bonds is 6.